The van der Waals surface area contributed by atoms with Crippen LogP contribution in [0.15, 0.2) is 146 Å². The zero-order valence-electron chi connectivity index (χ0n) is 46.3. The Morgan fingerprint density at radius 1 is 0.547 bits per heavy atom. The van der Waals surface area contributed by atoms with Crippen LogP contribution in [0.4, 0.5) is 0 Å². The molecule has 0 aromatic heterocycles. The van der Waals surface area contributed by atoms with Crippen molar-refractivity contribution in [3.8, 4) is 0 Å². The number of ether oxygens (including phenoxy) is 3. The van der Waals surface area contributed by atoms with Crippen molar-refractivity contribution < 1.29 is 49.3 Å². The number of rotatable bonds is 45. The number of unbranched alkanes of at least 4 members (excludes halogenated alkanes) is 14. The zero-order chi connectivity index (χ0) is 54.7. The lowest BCUT2D eigenvalue weighted by molar-refractivity contribution is -0.305. The van der Waals surface area contributed by atoms with Crippen LogP contribution in [0.2, 0.25) is 0 Å². The quantitative estimate of drug-likeness (QED) is 0.0149. The van der Waals surface area contributed by atoms with Gasteiger partial charge >= 0.3 is 5.97 Å². The third kappa shape index (κ3) is 38.7. The number of nitrogens with one attached hydrogen (secondary N) is 1. The van der Waals surface area contributed by atoms with Gasteiger partial charge in [0.1, 0.15) is 24.4 Å². The zero-order valence-corrected chi connectivity index (χ0v) is 46.3. The molecule has 0 saturated carbocycles. The van der Waals surface area contributed by atoms with Gasteiger partial charge in [0.2, 0.25) is 5.91 Å². The van der Waals surface area contributed by atoms with Crippen molar-refractivity contribution in [2.75, 3.05) is 13.2 Å². The average Bonchev–Trinajstić information content (AvgIpc) is 3.41. The number of amides is 1. The molecule has 6 N–H and O–H groups in total. The lowest BCUT2D eigenvalue weighted by Crippen LogP contribution is -2.61. The number of hydrogen-bond acceptors (Lipinski definition) is 10. The summed E-state index contributed by atoms with van der Waals surface area (Å²) in [6.07, 6.45) is 61.7. The Balaban J connectivity index is 2.83. The summed E-state index contributed by atoms with van der Waals surface area (Å²) in [6, 6.07) is -1.07. The summed E-state index contributed by atoms with van der Waals surface area (Å²) in [4.78, 5) is 26.4. The monoisotopic (exact) mass is 1040 g/mol. The molecule has 11 nitrogen and oxygen atoms in total. The molecule has 75 heavy (non-hydrogen) atoms. The molecule has 1 saturated heterocycles. The minimum atomic E-state index is -1.66. The van der Waals surface area contributed by atoms with E-state index in [1.165, 1.54) is 51.4 Å². The summed E-state index contributed by atoms with van der Waals surface area (Å²) in [6.45, 7) is 5.44. The minimum Gasteiger partial charge on any atom is -0.454 e. The summed E-state index contributed by atoms with van der Waals surface area (Å²) in [7, 11) is 0. The maximum absolute atomic E-state index is 13.4. The highest BCUT2D eigenvalue weighted by Gasteiger charge is 2.47. The first-order valence-electron chi connectivity index (χ1n) is 28.7. The van der Waals surface area contributed by atoms with E-state index in [2.05, 4.69) is 80.8 Å². The van der Waals surface area contributed by atoms with Crippen LogP contribution in [0.5, 0.6) is 0 Å². The molecule has 8 unspecified atom stereocenters. The van der Waals surface area contributed by atoms with Crippen LogP contribution in [0.3, 0.4) is 0 Å². The molecular weight excluding hydrogens is 943 g/mol. The van der Waals surface area contributed by atoms with Gasteiger partial charge in [-0.1, -0.05) is 237 Å². The van der Waals surface area contributed by atoms with E-state index in [1.54, 1.807) is 6.08 Å². The van der Waals surface area contributed by atoms with Gasteiger partial charge in [0.25, 0.3) is 0 Å². The van der Waals surface area contributed by atoms with Gasteiger partial charge < -0.3 is 45.1 Å². The molecule has 1 amide bonds. The number of carbonyl (C=O) groups is 2. The highest BCUT2D eigenvalue weighted by Crippen LogP contribution is 2.26. The van der Waals surface area contributed by atoms with E-state index < -0.39 is 67.4 Å². The molecule has 0 radical (unpaired) electrons. The second kappa shape index (κ2) is 50.4. The van der Waals surface area contributed by atoms with Gasteiger partial charge in [0.15, 0.2) is 12.4 Å². The number of carbonyl (C=O) groups excluding carboxylic acids is 2. The largest absolute Gasteiger partial charge is 0.454 e. The normalized spacial score (nSPS) is 20.3. The van der Waals surface area contributed by atoms with Gasteiger partial charge in [-0.05, 0) is 83.5 Å². The van der Waals surface area contributed by atoms with Crippen LogP contribution >= 0.6 is 0 Å². The number of aliphatic hydroxyl groups excluding tert-OH is 5. The number of aliphatic hydroxyl groups is 5. The SMILES string of the molecule is CC\C=C/C=C/C=C/C=C\C=C\C=C\CCCCC(O)C(=O)NC(COC1OC(CO)C(O)C(O)C1OC(=O)CCC/C=C\C/C=C\C/C=C\C/C=C\C/C=C\CC)C(O)/C=C/CCCCCCCCCCCCC. The Bertz CT molecular complexity index is 1770. The predicted molar refractivity (Wildman–Crippen MR) is 310 cm³/mol. The smallest absolute Gasteiger partial charge is 0.306 e. The summed E-state index contributed by atoms with van der Waals surface area (Å²) in [5, 5.41) is 56.8. The number of allylic oxidation sites excluding steroid dienone is 23. The van der Waals surface area contributed by atoms with E-state index in [1.807, 2.05) is 85.1 Å². The van der Waals surface area contributed by atoms with E-state index in [9.17, 15) is 35.1 Å². The van der Waals surface area contributed by atoms with Crippen LogP contribution in [-0.4, -0.2) is 99.6 Å². The van der Waals surface area contributed by atoms with Crippen molar-refractivity contribution in [2.24, 2.45) is 0 Å². The van der Waals surface area contributed by atoms with Gasteiger partial charge in [-0.25, -0.2) is 0 Å². The van der Waals surface area contributed by atoms with Crippen LogP contribution in [0, 0.1) is 0 Å². The Morgan fingerprint density at radius 2 is 1.03 bits per heavy atom. The third-order valence-corrected chi connectivity index (χ3v) is 12.4. The van der Waals surface area contributed by atoms with E-state index in [4.69, 9.17) is 14.2 Å². The standard InChI is InChI=1S/C64H101NO10/c1-4-7-10-13-16-19-22-25-27-29-31-34-37-40-43-46-49-52-59(69)75-62-61(71)60(70)58(53-66)74-64(62)73-54-55(56(67)50-47-44-41-38-35-32-24-21-18-15-12-9-6-3)65-63(72)57(68)51-48-45-42-39-36-33-30-28-26-23-20-17-14-11-8-5-2/h7-8,10-11,14,16-17,19-20,23,25-28,30-31,33-34,36,39-40,43,47,50,55-58,60-62,64,66-68,70-71H,4-6,9,12-13,15,18,21-22,24,29,32,35,37-38,41-42,44-46,48-49,51-54H2,1-3H3,(H,65,72)/b10-7-,11-8-,17-14+,19-16-,23-20+,27-25-,28-26-,33-30+,34-31-,39-36+,43-40-,50-47+. The third-order valence-electron chi connectivity index (χ3n) is 12.4. The van der Waals surface area contributed by atoms with Crippen molar-refractivity contribution in [3.63, 3.8) is 0 Å². The summed E-state index contributed by atoms with van der Waals surface area (Å²) in [5.74, 6) is -1.32. The molecule has 0 spiro atoms. The highest BCUT2D eigenvalue weighted by molar-refractivity contribution is 5.80. The highest BCUT2D eigenvalue weighted by atomic mass is 16.7. The first kappa shape index (κ1) is 68.6. The second-order valence-electron chi connectivity index (χ2n) is 19.1. The van der Waals surface area contributed by atoms with E-state index in [0.717, 1.165) is 77.0 Å². The van der Waals surface area contributed by atoms with Crippen molar-refractivity contribution in [1.29, 1.82) is 0 Å². The van der Waals surface area contributed by atoms with E-state index in [0.29, 0.717) is 19.3 Å². The molecule has 0 aromatic rings. The number of hydrogen-bond donors (Lipinski definition) is 6. The van der Waals surface area contributed by atoms with Crippen LogP contribution in [0.25, 0.3) is 0 Å². The number of esters is 1. The molecule has 1 aliphatic rings. The Kier molecular flexibility index (Phi) is 46.0. The van der Waals surface area contributed by atoms with Crippen LogP contribution in [-0.2, 0) is 23.8 Å². The van der Waals surface area contributed by atoms with Crippen molar-refractivity contribution in [2.45, 2.75) is 230 Å². The lowest BCUT2D eigenvalue weighted by atomic mass is 9.99. The predicted octanol–water partition coefficient (Wildman–Crippen LogP) is 13.0. The van der Waals surface area contributed by atoms with Gasteiger partial charge in [-0.2, -0.15) is 0 Å². The molecule has 0 bridgehead atoms. The van der Waals surface area contributed by atoms with Gasteiger partial charge in [-0.15, -0.1) is 0 Å². The fourth-order valence-corrected chi connectivity index (χ4v) is 7.89. The van der Waals surface area contributed by atoms with Crippen molar-refractivity contribution in [1.82, 2.24) is 5.32 Å². The summed E-state index contributed by atoms with van der Waals surface area (Å²) >= 11 is 0. The van der Waals surface area contributed by atoms with E-state index in [-0.39, 0.29) is 19.4 Å². The van der Waals surface area contributed by atoms with Crippen molar-refractivity contribution >= 4 is 11.9 Å². The Labute approximate surface area is 454 Å². The molecule has 0 aliphatic carbocycles. The molecule has 1 fully saturated rings. The molecule has 11 heteroatoms. The first-order chi connectivity index (χ1) is 36.7. The molecular formula is C64H101NO10. The molecule has 1 aliphatic heterocycles. The molecule has 1 heterocycles. The maximum atomic E-state index is 13.4. The first-order valence-corrected chi connectivity index (χ1v) is 28.7. The maximum Gasteiger partial charge on any atom is 0.306 e. The molecule has 1 rings (SSSR count). The van der Waals surface area contributed by atoms with Gasteiger partial charge in [0.05, 0.1) is 25.4 Å². The fourth-order valence-electron chi connectivity index (χ4n) is 7.89. The van der Waals surface area contributed by atoms with Crippen LogP contribution < -0.4 is 5.32 Å². The Morgan fingerprint density at radius 3 is 1.59 bits per heavy atom. The van der Waals surface area contributed by atoms with E-state index >= 15 is 0 Å². The second-order valence-corrected chi connectivity index (χ2v) is 19.1. The average molecular weight is 1040 g/mol. The molecule has 422 valence electrons. The van der Waals surface area contributed by atoms with Gasteiger partial charge in [0, 0.05) is 6.42 Å². The molecule has 8 atom stereocenters. The summed E-state index contributed by atoms with van der Waals surface area (Å²) < 4.78 is 17.5. The topological polar surface area (TPSA) is 175 Å². The van der Waals surface area contributed by atoms with Gasteiger partial charge in [-0.3, -0.25) is 9.59 Å². The summed E-state index contributed by atoms with van der Waals surface area (Å²) in [5.41, 5.74) is 0. The minimum absolute atomic E-state index is 0.0300. The fraction of sp³-hybridized carbons (Fsp3) is 0.594. The van der Waals surface area contributed by atoms with Crippen molar-refractivity contribution in [3.05, 3.63) is 146 Å². The lowest BCUT2D eigenvalue weighted by Gasteiger charge is -2.41. The van der Waals surface area contributed by atoms with Crippen LogP contribution in [0.1, 0.15) is 181 Å². The Hall–Kier alpha value is -4.46. The molecule has 0 aromatic carbocycles.